The summed E-state index contributed by atoms with van der Waals surface area (Å²) in [5.41, 5.74) is 1.80. The number of anilines is 2. The number of non-ortho nitro benzene ring substituents is 1. The number of hydrogen-bond acceptors (Lipinski definition) is 5. The number of nitro groups is 1. The quantitative estimate of drug-likeness (QED) is 0.497. The Labute approximate surface area is 155 Å². The van der Waals surface area contributed by atoms with Crippen molar-refractivity contribution in [3.05, 3.63) is 64.2 Å². The van der Waals surface area contributed by atoms with Gasteiger partial charge in [0.25, 0.3) is 11.6 Å². The summed E-state index contributed by atoms with van der Waals surface area (Å²) in [7, 11) is 0. The third-order valence-corrected chi connectivity index (χ3v) is 4.02. The Bertz CT molecular complexity index is 921. The molecule has 8 nitrogen and oxygen atoms in total. The molecule has 2 aromatic rings. The fraction of sp³-hybridized carbons (Fsp3) is 0.158. The van der Waals surface area contributed by atoms with E-state index in [1.807, 2.05) is 6.92 Å². The maximum absolute atomic E-state index is 12.1. The molecule has 0 aromatic heterocycles. The molecule has 0 saturated heterocycles. The van der Waals surface area contributed by atoms with E-state index in [1.54, 1.807) is 41.3 Å². The Kier molecular flexibility index (Phi) is 5.16. The van der Waals surface area contributed by atoms with Crippen molar-refractivity contribution in [2.75, 3.05) is 23.4 Å². The number of rotatable bonds is 5. The number of hydrogen-bond donors (Lipinski definition) is 1. The van der Waals surface area contributed by atoms with Crippen LogP contribution in [0.1, 0.15) is 12.5 Å². The largest absolute Gasteiger partial charge is 0.482 e. The first-order chi connectivity index (χ1) is 13.0. The first-order valence-electron chi connectivity index (χ1n) is 8.28. The molecule has 3 rings (SSSR count). The Morgan fingerprint density at radius 3 is 2.70 bits per heavy atom. The second-order valence-corrected chi connectivity index (χ2v) is 5.78. The van der Waals surface area contributed by atoms with Crippen molar-refractivity contribution in [3.63, 3.8) is 0 Å². The molecule has 2 aromatic carbocycles. The molecule has 27 heavy (non-hydrogen) atoms. The van der Waals surface area contributed by atoms with E-state index in [0.717, 1.165) is 0 Å². The number of fused-ring (bicyclic) bond motifs is 1. The maximum Gasteiger partial charge on any atom is 0.269 e. The van der Waals surface area contributed by atoms with E-state index in [4.69, 9.17) is 4.74 Å². The molecule has 8 heteroatoms. The molecule has 0 radical (unpaired) electrons. The monoisotopic (exact) mass is 367 g/mol. The molecule has 0 spiro atoms. The van der Waals surface area contributed by atoms with Crippen LogP contribution in [0.5, 0.6) is 5.75 Å². The maximum atomic E-state index is 12.1. The van der Waals surface area contributed by atoms with E-state index in [2.05, 4.69) is 5.32 Å². The van der Waals surface area contributed by atoms with Crippen molar-refractivity contribution in [1.82, 2.24) is 0 Å². The fourth-order valence-electron chi connectivity index (χ4n) is 2.69. The molecule has 0 saturated carbocycles. The minimum atomic E-state index is -0.482. The van der Waals surface area contributed by atoms with E-state index >= 15 is 0 Å². The highest BCUT2D eigenvalue weighted by molar-refractivity contribution is 6.03. The lowest BCUT2D eigenvalue weighted by Crippen LogP contribution is -2.38. The summed E-state index contributed by atoms with van der Waals surface area (Å²) in [6.07, 6.45) is 2.89. The van der Waals surface area contributed by atoms with Crippen LogP contribution in [0.3, 0.4) is 0 Å². The third kappa shape index (κ3) is 4.12. The summed E-state index contributed by atoms with van der Waals surface area (Å²) in [6, 6.07) is 11.0. The molecule has 138 valence electrons. The van der Waals surface area contributed by atoms with Crippen LogP contribution in [0.15, 0.2) is 48.5 Å². The highest BCUT2D eigenvalue weighted by Crippen LogP contribution is 2.34. The zero-order valence-corrected chi connectivity index (χ0v) is 14.5. The van der Waals surface area contributed by atoms with Crippen LogP contribution < -0.4 is 15.0 Å². The predicted molar refractivity (Wildman–Crippen MR) is 101 cm³/mol. The Morgan fingerprint density at radius 2 is 2.04 bits per heavy atom. The molecule has 1 aliphatic rings. The molecular weight excluding hydrogens is 350 g/mol. The van der Waals surface area contributed by atoms with E-state index in [9.17, 15) is 19.7 Å². The molecule has 0 unspecified atom stereocenters. The minimum absolute atomic E-state index is 0.00449. The normalized spacial score (nSPS) is 13.2. The fourth-order valence-corrected chi connectivity index (χ4v) is 2.69. The first kappa shape index (κ1) is 18.1. The van der Waals surface area contributed by atoms with Gasteiger partial charge in [0.1, 0.15) is 5.75 Å². The molecule has 1 N–H and O–H groups in total. The molecule has 1 heterocycles. The molecule has 0 fully saturated rings. The van der Waals surface area contributed by atoms with Crippen LogP contribution in [0, 0.1) is 10.1 Å². The van der Waals surface area contributed by atoms with Gasteiger partial charge in [-0.25, -0.2) is 0 Å². The summed E-state index contributed by atoms with van der Waals surface area (Å²) >= 11 is 0. The number of carbonyl (C=O) groups is 2. The average Bonchev–Trinajstić information content (AvgIpc) is 2.66. The topological polar surface area (TPSA) is 102 Å². The number of likely N-dealkylation sites (N-methyl/N-ethyl adjacent to an activating group) is 1. The highest BCUT2D eigenvalue weighted by Gasteiger charge is 2.24. The highest BCUT2D eigenvalue weighted by atomic mass is 16.6. The van der Waals surface area contributed by atoms with Crippen LogP contribution in [-0.4, -0.2) is 29.9 Å². The SMILES string of the molecule is CCN1C(=O)COc2ccc(NC(=O)/C=C/c3ccc([N+](=O)[O-])cc3)cc21. The Hall–Kier alpha value is -3.68. The van der Waals surface area contributed by atoms with Crippen molar-refractivity contribution in [2.24, 2.45) is 0 Å². The van der Waals surface area contributed by atoms with E-state index in [-0.39, 0.29) is 24.1 Å². The molecule has 0 aliphatic carbocycles. The molecule has 0 atom stereocenters. The van der Waals surface area contributed by atoms with Gasteiger partial charge >= 0.3 is 0 Å². The second kappa shape index (κ2) is 7.69. The van der Waals surface area contributed by atoms with Crippen molar-refractivity contribution in [1.29, 1.82) is 0 Å². The smallest absolute Gasteiger partial charge is 0.269 e. The number of nitrogens with one attached hydrogen (secondary N) is 1. The number of nitro benzene ring substituents is 1. The number of ether oxygens (including phenoxy) is 1. The van der Waals surface area contributed by atoms with Crippen LogP contribution >= 0.6 is 0 Å². The summed E-state index contributed by atoms with van der Waals surface area (Å²) in [4.78, 5) is 35.8. The van der Waals surface area contributed by atoms with E-state index in [1.165, 1.54) is 18.2 Å². The summed E-state index contributed by atoms with van der Waals surface area (Å²) < 4.78 is 5.39. The van der Waals surface area contributed by atoms with Gasteiger partial charge in [0.05, 0.1) is 10.6 Å². The van der Waals surface area contributed by atoms with Crippen LogP contribution in [0.4, 0.5) is 17.1 Å². The second-order valence-electron chi connectivity index (χ2n) is 5.78. The zero-order valence-electron chi connectivity index (χ0n) is 14.5. The van der Waals surface area contributed by atoms with Gasteiger partial charge in [0.15, 0.2) is 6.61 Å². The van der Waals surface area contributed by atoms with Crippen LogP contribution in [-0.2, 0) is 9.59 Å². The number of benzene rings is 2. The summed E-state index contributed by atoms with van der Waals surface area (Å²) in [6.45, 7) is 2.38. The number of carbonyl (C=O) groups excluding carboxylic acids is 2. The molecule has 0 bridgehead atoms. The van der Waals surface area contributed by atoms with Gasteiger partial charge < -0.3 is 15.0 Å². The predicted octanol–water partition coefficient (Wildman–Crippen LogP) is 2.99. The first-order valence-corrected chi connectivity index (χ1v) is 8.28. The van der Waals surface area contributed by atoms with Gasteiger partial charge in [-0.05, 0) is 48.9 Å². The standard InChI is InChI=1S/C19H17N3O5/c1-2-21-16-11-14(6-9-17(16)27-12-19(21)24)20-18(23)10-5-13-3-7-15(8-4-13)22(25)26/h3-11H,2,12H2,1H3,(H,20,23)/b10-5+. The zero-order chi connectivity index (χ0) is 19.4. The minimum Gasteiger partial charge on any atom is -0.482 e. The Morgan fingerprint density at radius 1 is 1.30 bits per heavy atom. The number of amides is 2. The van der Waals surface area contributed by atoms with Gasteiger partial charge in [-0.2, -0.15) is 0 Å². The number of nitrogens with zero attached hydrogens (tertiary/aromatic N) is 2. The van der Waals surface area contributed by atoms with Gasteiger partial charge in [-0.3, -0.25) is 19.7 Å². The lowest BCUT2D eigenvalue weighted by Gasteiger charge is -2.28. The van der Waals surface area contributed by atoms with Gasteiger partial charge in [-0.15, -0.1) is 0 Å². The summed E-state index contributed by atoms with van der Waals surface area (Å²) in [5.74, 6) is 0.0989. The van der Waals surface area contributed by atoms with Crippen LogP contribution in [0.25, 0.3) is 6.08 Å². The molecular formula is C19H17N3O5. The van der Waals surface area contributed by atoms with Crippen LogP contribution in [0.2, 0.25) is 0 Å². The van der Waals surface area contributed by atoms with Crippen molar-refractivity contribution in [3.8, 4) is 5.75 Å². The lowest BCUT2D eigenvalue weighted by molar-refractivity contribution is -0.384. The van der Waals surface area contributed by atoms with E-state index in [0.29, 0.717) is 29.2 Å². The third-order valence-electron chi connectivity index (χ3n) is 4.02. The van der Waals surface area contributed by atoms with Crippen molar-refractivity contribution >= 4 is 35.0 Å². The molecule has 1 aliphatic heterocycles. The average molecular weight is 367 g/mol. The van der Waals surface area contributed by atoms with Gasteiger partial charge in [0, 0.05) is 30.4 Å². The Balaban J connectivity index is 1.70. The molecule has 2 amide bonds. The van der Waals surface area contributed by atoms with Gasteiger partial charge in [0.2, 0.25) is 5.91 Å². The van der Waals surface area contributed by atoms with Crippen molar-refractivity contribution < 1.29 is 19.2 Å². The van der Waals surface area contributed by atoms with Crippen molar-refractivity contribution in [2.45, 2.75) is 6.92 Å². The summed E-state index contributed by atoms with van der Waals surface area (Å²) in [5, 5.41) is 13.4. The van der Waals surface area contributed by atoms with Gasteiger partial charge in [-0.1, -0.05) is 0 Å². The van der Waals surface area contributed by atoms with E-state index < -0.39 is 4.92 Å². The lowest BCUT2D eigenvalue weighted by atomic mass is 10.2.